The second kappa shape index (κ2) is 3.70. The molecule has 0 bridgehead atoms. The third kappa shape index (κ3) is 2.33. The molecule has 0 unspecified atom stereocenters. The van der Waals surface area contributed by atoms with E-state index in [1.54, 1.807) is 13.0 Å². The first-order chi connectivity index (χ1) is 5.59. The van der Waals surface area contributed by atoms with Gasteiger partial charge in [-0.15, -0.1) is 0 Å². The maximum Gasteiger partial charge on any atom is 0.126 e. The van der Waals surface area contributed by atoms with Gasteiger partial charge in [0.2, 0.25) is 0 Å². The molecule has 0 amide bonds. The molecule has 1 aromatic carbocycles. The van der Waals surface area contributed by atoms with Gasteiger partial charge < -0.3 is 0 Å². The van der Waals surface area contributed by atoms with E-state index in [9.17, 15) is 4.39 Å². The van der Waals surface area contributed by atoms with Crippen molar-refractivity contribution < 1.29 is 4.39 Å². The lowest BCUT2D eigenvalue weighted by molar-refractivity contribution is 0.605. The zero-order valence-corrected chi connectivity index (χ0v) is 7.89. The predicted molar refractivity (Wildman–Crippen MR) is 49.7 cm³/mol. The fraction of sp³-hybridized carbons (Fsp3) is 0.455. The number of benzene rings is 1. The van der Waals surface area contributed by atoms with Crippen molar-refractivity contribution in [2.24, 2.45) is 5.92 Å². The minimum atomic E-state index is -0.0897. The van der Waals surface area contributed by atoms with Crippen LogP contribution in [0, 0.1) is 18.7 Å². The van der Waals surface area contributed by atoms with Gasteiger partial charge in [0.1, 0.15) is 5.82 Å². The monoisotopic (exact) mass is 166 g/mol. The summed E-state index contributed by atoms with van der Waals surface area (Å²) in [6.07, 6.45) is 0.956. The highest BCUT2D eigenvalue weighted by molar-refractivity contribution is 5.23. The highest BCUT2D eigenvalue weighted by Crippen LogP contribution is 2.12. The number of halogens is 1. The second-order valence-corrected chi connectivity index (χ2v) is 3.68. The molecular weight excluding hydrogens is 151 g/mol. The van der Waals surface area contributed by atoms with Crippen LogP contribution in [0.1, 0.15) is 25.0 Å². The zero-order chi connectivity index (χ0) is 9.14. The molecule has 0 N–H and O–H groups in total. The molecule has 0 saturated heterocycles. The van der Waals surface area contributed by atoms with E-state index in [0.29, 0.717) is 5.92 Å². The van der Waals surface area contributed by atoms with Crippen LogP contribution in [0.4, 0.5) is 4.39 Å². The smallest absolute Gasteiger partial charge is 0.126 e. The molecule has 66 valence electrons. The van der Waals surface area contributed by atoms with Crippen LogP contribution in [0.3, 0.4) is 0 Å². The average molecular weight is 166 g/mol. The van der Waals surface area contributed by atoms with Gasteiger partial charge in [-0.3, -0.25) is 0 Å². The van der Waals surface area contributed by atoms with Crippen LogP contribution in [-0.4, -0.2) is 0 Å². The first-order valence-electron chi connectivity index (χ1n) is 4.34. The SMILES string of the molecule is Cc1ccc(CC(C)C)cc1F. The Bertz CT molecular complexity index is 264. The first kappa shape index (κ1) is 9.24. The summed E-state index contributed by atoms with van der Waals surface area (Å²) in [4.78, 5) is 0. The lowest BCUT2D eigenvalue weighted by Crippen LogP contribution is -1.95. The van der Waals surface area contributed by atoms with Gasteiger partial charge in [-0.2, -0.15) is 0 Å². The summed E-state index contributed by atoms with van der Waals surface area (Å²) < 4.78 is 13.0. The number of aryl methyl sites for hydroxylation is 1. The van der Waals surface area contributed by atoms with Crippen molar-refractivity contribution in [1.29, 1.82) is 0 Å². The van der Waals surface area contributed by atoms with Crippen LogP contribution in [-0.2, 0) is 6.42 Å². The van der Waals surface area contributed by atoms with E-state index in [1.807, 2.05) is 12.1 Å². The maximum atomic E-state index is 13.0. The van der Waals surface area contributed by atoms with Crippen LogP contribution >= 0.6 is 0 Å². The van der Waals surface area contributed by atoms with Crippen molar-refractivity contribution in [1.82, 2.24) is 0 Å². The highest BCUT2D eigenvalue weighted by Gasteiger charge is 2.00. The second-order valence-electron chi connectivity index (χ2n) is 3.68. The molecule has 0 saturated carbocycles. The number of rotatable bonds is 2. The molecule has 1 heteroatoms. The molecule has 0 aromatic heterocycles. The fourth-order valence-corrected chi connectivity index (χ4v) is 1.23. The Morgan fingerprint density at radius 1 is 1.33 bits per heavy atom. The highest BCUT2D eigenvalue weighted by atomic mass is 19.1. The topological polar surface area (TPSA) is 0 Å². The molecule has 0 aliphatic rings. The van der Waals surface area contributed by atoms with E-state index in [-0.39, 0.29) is 5.82 Å². The van der Waals surface area contributed by atoms with Gasteiger partial charge in [0.25, 0.3) is 0 Å². The van der Waals surface area contributed by atoms with E-state index >= 15 is 0 Å². The summed E-state index contributed by atoms with van der Waals surface area (Å²) in [5.41, 5.74) is 1.82. The molecule has 0 atom stereocenters. The Morgan fingerprint density at radius 2 is 2.00 bits per heavy atom. The lowest BCUT2D eigenvalue weighted by Gasteiger charge is -2.05. The van der Waals surface area contributed by atoms with Gasteiger partial charge in [-0.1, -0.05) is 26.0 Å². The molecule has 1 rings (SSSR count). The van der Waals surface area contributed by atoms with Crippen LogP contribution in [0.5, 0.6) is 0 Å². The lowest BCUT2D eigenvalue weighted by atomic mass is 10.0. The summed E-state index contributed by atoms with van der Waals surface area (Å²) in [5.74, 6) is 0.500. The predicted octanol–water partition coefficient (Wildman–Crippen LogP) is 3.33. The fourth-order valence-electron chi connectivity index (χ4n) is 1.23. The van der Waals surface area contributed by atoms with Crippen LogP contribution in [0.25, 0.3) is 0 Å². The van der Waals surface area contributed by atoms with E-state index in [4.69, 9.17) is 0 Å². The van der Waals surface area contributed by atoms with E-state index < -0.39 is 0 Å². The van der Waals surface area contributed by atoms with E-state index in [2.05, 4.69) is 13.8 Å². The van der Waals surface area contributed by atoms with Gasteiger partial charge in [-0.05, 0) is 36.5 Å². The van der Waals surface area contributed by atoms with E-state index in [0.717, 1.165) is 17.5 Å². The summed E-state index contributed by atoms with van der Waals surface area (Å²) >= 11 is 0. The van der Waals surface area contributed by atoms with Crippen molar-refractivity contribution in [3.05, 3.63) is 35.1 Å². The number of hydrogen-bond donors (Lipinski definition) is 0. The summed E-state index contributed by atoms with van der Waals surface area (Å²) in [6.45, 7) is 6.06. The molecule has 0 aliphatic carbocycles. The molecule has 12 heavy (non-hydrogen) atoms. The Balaban J connectivity index is 2.82. The standard InChI is InChI=1S/C11H15F/c1-8(2)6-10-5-4-9(3)11(12)7-10/h4-5,7-8H,6H2,1-3H3. The Hall–Kier alpha value is -0.850. The summed E-state index contributed by atoms with van der Waals surface area (Å²) in [5, 5.41) is 0. The Kier molecular flexibility index (Phi) is 2.85. The van der Waals surface area contributed by atoms with Crippen molar-refractivity contribution in [3.63, 3.8) is 0 Å². The van der Waals surface area contributed by atoms with Gasteiger partial charge in [0.05, 0.1) is 0 Å². The van der Waals surface area contributed by atoms with Gasteiger partial charge >= 0.3 is 0 Å². The quantitative estimate of drug-likeness (QED) is 0.632. The third-order valence-corrected chi connectivity index (χ3v) is 1.88. The first-order valence-corrected chi connectivity index (χ1v) is 4.34. The minimum absolute atomic E-state index is 0.0897. The molecule has 1 aromatic rings. The van der Waals surface area contributed by atoms with Crippen LogP contribution < -0.4 is 0 Å². The number of hydrogen-bond acceptors (Lipinski definition) is 0. The third-order valence-electron chi connectivity index (χ3n) is 1.88. The molecule has 0 nitrogen and oxygen atoms in total. The van der Waals surface area contributed by atoms with Crippen molar-refractivity contribution in [2.45, 2.75) is 27.2 Å². The van der Waals surface area contributed by atoms with Crippen LogP contribution in [0.15, 0.2) is 18.2 Å². The minimum Gasteiger partial charge on any atom is -0.207 e. The molecule has 0 radical (unpaired) electrons. The van der Waals surface area contributed by atoms with Gasteiger partial charge in [0.15, 0.2) is 0 Å². The van der Waals surface area contributed by atoms with Gasteiger partial charge in [-0.25, -0.2) is 4.39 Å². The molecule has 0 aliphatic heterocycles. The van der Waals surface area contributed by atoms with Gasteiger partial charge in [0, 0.05) is 0 Å². The Morgan fingerprint density at radius 3 is 2.50 bits per heavy atom. The van der Waals surface area contributed by atoms with E-state index in [1.165, 1.54) is 0 Å². The molecule has 0 spiro atoms. The average Bonchev–Trinajstić information content (AvgIpc) is 1.96. The Labute approximate surface area is 73.4 Å². The van der Waals surface area contributed by atoms with Crippen molar-refractivity contribution in [3.8, 4) is 0 Å². The molecule has 0 fully saturated rings. The normalized spacial score (nSPS) is 10.8. The summed E-state index contributed by atoms with van der Waals surface area (Å²) in [7, 11) is 0. The largest absolute Gasteiger partial charge is 0.207 e. The van der Waals surface area contributed by atoms with Crippen LogP contribution in [0.2, 0.25) is 0 Å². The summed E-state index contributed by atoms with van der Waals surface area (Å²) in [6, 6.07) is 5.47. The molecular formula is C11H15F. The molecule has 0 heterocycles. The van der Waals surface area contributed by atoms with Crippen molar-refractivity contribution >= 4 is 0 Å². The van der Waals surface area contributed by atoms with Crippen molar-refractivity contribution in [2.75, 3.05) is 0 Å². The zero-order valence-electron chi connectivity index (χ0n) is 7.89. The maximum absolute atomic E-state index is 13.0.